The predicted molar refractivity (Wildman–Crippen MR) is 135 cm³/mol. The second kappa shape index (κ2) is 13.3. The molecule has 1 aliphatic heterocycles. The van der Waals surface area contributed by atoms with Gasteiger partial charge in [0.1, 0.15) is 45.9 Å². The molecule has 0 aromatic heterocycles. The predicted octanol–water partition coefficient (Wildman–Crippen LogP) is -1.61. The monoisotopic (exact) mass is 598 g/mol. The maximum absolute atomic E-state index is 11.7. The van der Waals surface area contributed by atoms with Crippen LogP contribution >= 0.6 is 0 Å². The summed E-state index contributed by atoms with van der Waals surface area (Å²) in [5.74, 6) is -0.324. The summed E-state index contributed by atoms with van der Waals surface area (Å²) in [7, 11) is -5.12. The second-order valence-electron chi connectivity index (χ2n) is 8.74. The number of carbonyl (C=O) groups is 1. The summed E-state index contributed by atoms with van der Waals surface area (Å²) in [4.78, 5) is 21.0. The number of rotatable bonds is 8. The molecule has 1 aliphatic rings. The maximum atomic E-state index is 11.7. The Morgan fingerprint density at radius 2 is 1.71 bits per heavy atom. The molecule has 3 aromatic rings. The van der Waals surface area contributed by atoms with Gasteiger partial charge in [-0.1, -0.05) is 24.3 Å². The maximum Gasteiger partial charge on any atom is 1.00 e. The minimum absolute atomic E-state index is 0. The van der Waals surface area contributed by atoms with Gasteiger partial charge in [-0.05, 0) is 18.2 Å². The fourth-order valence-corrected chi connectivity index (χ4v) is 4.78. The molecule has 0 spiro atoms. The molecule has 0 bridgehead atoms. The van der Waals surface area contributed by atoms with Crippen LogP contribution in [0.1, 0.15) is 6.92 Å². The standard InChI is InChI=1S/C24H24N4O11S.Na/c1-12(30)25-21-23(32)22(31)19(11-29)39-24(21)38-18-9-8-16(14-4-2-3-5-15(14)18)26-27-17-7-6-13(28(33)34)10-20(17)40(35,36)37;/h2-10,19,21-24,29,31-32H,11H2,1H3,(H,25,30)(H,35,36,37);/q;+1/p-1/t19-,21-,22-,23-,24-;/m1./s1. The molecule has 1 amide bonds. The van der Waals surface area contributed by atoms with E-state index in [2.05, 4.69) is 15.5 Å². The second-order valence-corrected chi connectivity index (χ2v) is 10.1. The van der Waals surface area contributed by atoms with Crippen LogP contribution in [-0.4, -0.2) is 76.4 Å². The van der Waals surface area contributed by atoms with E-state index in [9.17, 15) is 43.2 Å². The van der Waals surface area contributed by atoms with Gasteiger partial charge < -0.3 is 34.7 Å². The number of nitro groups is 1. The van der Waals surface area contributed by atoms with Crippen LogP contribution in [0.3, 0.4) is 0 Å². The Morgan fingerprint density at radius 1 is 1.07 bits per heavy atom. The molecule has 0 radical (unpaired) electrons. The molecule has 4 rings (SSSR count). The largest absolute Gasteiger partial charge is 1.00 e. The molecule has 1 heterocycles. The van der Waals surface area contributed by atoms with E-state index in [-0.39, 0.29) is 41.0 Å². The van der Waals surface area contributed by atoms with Gasteiger partial charge in [-0.3, -0.25) is 14.9 Å². The van der Waals surface area contributed by atoms with Gasteiger partial charge in [0.05, 0.1) is 22.1 Å². The van der Waals surface area contributed by atoms with E-state index in [1.165, 1.54) is 19.1 Å². The number of nitro benzene ring substituents is 1. The molecule has 41 heavy (non-hydrogen) atoms. The smallest absolute Gasteiger partial charge is 0.744 e. The van der Waals surface area contributed by atoms with Crippen LogP contribution in [0, 0.1) is 10.1 Å². The summed E-state index contributed by atoms with van der Waals surface area (Å²) >= 11 is 0. The number of benzene rings is 3. The molecule has 5 atom stereocenters. The molecule has 3 aromatic carbocycles. The van der Waals surface area contributed by atoms with Crippen LogP contribution in [0.2, 0.25) is 0 Å². The molecule has 15 nitrogen and oxygen atoms in total. The molecule has 0 aliphatic carbocycles. The van der Waals surface area contributed by atoms with Crippen molar-refractivity contribution in [3.05, 3.63) is 64.7 Å². The fraction of sp³-hybridized carbons (Fsp3) is 0.292. The van der Waals surface area contributed by atoms with Crippen molar-refractivity contribution in [1.82, 2.24) is 5.32 Å². The van der Waals surface area contributed by atoms with Crippen LogP contribution in [0.15, 0.2) is 69.7 Å². The normalized spacial score (nSPS) is 22.7. The number of hydrogen-bond acceptors (Lipinski definition) is 13. The van der Waals surface area contributed by atoms with E-state index in [0.717, 1.165) is 12.1 Å². The Labute approximate surface area is 255 Å². The van der Waals surface area contributed by atoms with E-state index >= 15 is 0 Å². The van der Waals surface area contributed by atoms with E-state index in [1.54, 1.807) is 24.3 Å². The van der Waals surface area contributed by atoms with Gasteiger partial charge in [-0.25, -0.2) is 8.42 Å². The van der Waals surface area contributed by atoms with Crippen LogP contribution < -0.4 is 39.6 Å². The van der Waals surface area contributed by atoms with Gasteiger partial charge in [0, 0.05) is 29.8 Å². The van der Waals surface area contributed by atoms with Gasteiger partial charge >= 0.3 is 29.6 Å². The van der Waals surface area contributed by atoms with Crippen molar-refractivity contribution >= 4 is 43.9 Å². The number of aliphatic hydroxyl groups is 3. The number of azo groups is 1. The van der Waals surface area contributed by atoms with Crippen molar-refractivity contribution in [3.63, 3.8) is 0 Å². The summed E-state index contributed by atoms with van der Waals surface area (Å²) in [5.41, 5.74) is -0.799. The molecule has 4 N–H and O–H groups in total. The molecular weight excluding hydrogens is 575 g/mol. The van der Waals surface area contributed by atoms with Crippen molar-refractivity contribution in [3.8, 4) is 5.75 Å². The Balaban J connectivity index is 0.00000462. The number of ether oxygens (including phenoxy) is 2. The van der Waals surface area contributed by atoms with Gasteiger partial charge in [-0.15, -0.1) is 10.2 Å². The Hall–Kier alpha value is -3.06. The number of non-ortho nitro benzene ring substituents is 1. The van der Waals surface area contributed by atoms with Crippen molar-refractivity contribution in [2.45, 2.75) is 42.5 Å². The first-order valence-corrected chi connectivity index (χ1v) is 13.1. The van der Waals surface area contributed by atoms with Crippen LogP contribution in [0.25, 0.3) is 10.8 Å². The van der Waals surface area contributed by atoms with Crippen LogP contribution in [-0.2, 0) is 19.6 Å². The molecule has 212 valence electrons. The number of hydrogen-bond donors (Lipinski definition) is 4. The van der Waals surface area contributed by atoms with Crippen molar-refractivity contribution in [2.75, 3.05) is 6.61 Å². The molecule has 1 saturated heterocycles. The van der Waals surface area contributed by atoms with Gasteiger partial charge in [0.25, 0.3) is 5.69 Å². The number of fused-ring (bicyclic) bond motifs is 1. The summed E-state index contributed by atoms with van der Waals surface area (Å²) in [6.07, 6.45) is -5.53. The zero-order valence-electron chi connectivity index (χ0n) is 21.6. The van der Waals surface area contributed by atoms with Gasteiger partial charge in [0.15, 0.2) is 0 Å². The van der Waals surface area contributed by atoms with Crippen molar-refractivity contribution in [1.29, 1.82) is 0 Å². The number of aliphatic hydroxyl groups excluding tert-OH is 3. The third-order valence-electron chi connectivity index (χ3n) is 6.04. The minimum Gasteiger partial charge on any atom is -0.744 e. The summed E-state index contributed by atoms with van der Waals surface area (Å²) < 4.78 is 46.6. The van der Waals surface area contributed by atoms with E-state index in [1.807, 2.05) is 0 Å². The van der Waals surface area contributed by atoms with Gasteiger partial charge in [0.2, 0.25) is 12.2 Å². The minimum atomic E-state index is -5.12. The van der Waals surface area contributed by atoms with Crippen molar-refractivity contribution < 1.29 is 77.0 Å². The summed E-state index contributed by atoms with van der Waals surface area (Å²) in [6, 6.07) is 10.9. The van der Waals surface area contributed by atoms with E-state index in [0.29, 0.717) is 16.8 Å². The third kappa shape index (κ3) is 7.24. The molecular formula is C24H23N4NaO11S. The first-order chi connectivity index (χ1) is 18.9. The van der Waals surface area contributed by atoms with Crippen molar-refractivity contribution in [2.24, 2.45) is 10.2 Å². The molecule has 17 heteroatoms. The van der Waals surface area contributed by atoms with Crippen LogP contribution in [0.5, 0.6) is 5.75 Å². The zero-order valence-corrected chi connectivity index (χ0v) is 24.5. The topological polar surface area (TPSA) is 233 Å². The van der Waals surface area contributed by atoms with E-state index < -0.39 is 74.5 Å². The Bertz CT molecular complexity index is 1590. The molecule has 0 unspecified atom stereocenters. The average molecular weight is 599 g/mol. The molecule has 1 fully saturated rings. The average Bonchev–Trinajstić information content (AvgIpc) is 2.91. The number of nitrogens with zero attached hydrogens (tertiary/aromatic N) is 3. The number of amides is 1. The Morgan fingerprint density at radius 3 is 2.32 bits per heavy atom. The third-order valence-corrected chi connectivity index (χ3v) is 6.91. The fourth-order valence-electron chi connectivity index (χ4n) is 4.15. The first-order valence-electron chi connectivity index (χ1n) is 11.6. The number of nitrogens with one attached hydrogen (secondary N) is 1. The zero-order chi connectivity index (χ0) is 29.2. The van der Waals surface area contributed by atoms with E-state index in [4.69, 9.17) is 9.47 Å². The Kier molecular flexibility index (Phi) is 10.5. The quantitative estimate of drug-likeness (QED) is 0.0757. The summed E-state index contributed by atoms with van der Waals surface area (Å²) in [6.45, 7) is 0.576. The van der Waals surface area contributed by atoms with Crippen LogP contribution in [0.4, 0.5) is 17.1 Å². The first kappa shape index (κ1) is 32.5. The molecule has 0 saturated carbocycles. The number of carbonyl (C=O) groups excluding carboxylic acids is 1. The SMILES string of the molecule is CC(=O)N[C@H]1[C@H](Oc2ccc(N=Nc3ccc([N+](=O)[O-])cc3S(=O)(=O)[O-])c3ccccc23)O[C@H](CO)[C@@H](O)[C@@H]1O.[Na+]. The summed E-state index contributed by atoms with van der Waals surface area (Å²) in [5, 5.41) is 52.6. The van der Waals surface area contributed by atoms with Gasteiger partial charge in [-0.2, -0.15) is 0 Å².